The number of para-hydroxylation sites is 2. The van der Waals surface area contributed by atoms with E-state index in [0.29, 0.717) is 11.4 Å². The summed E-state index contributed by atoms with van der Waals surface area (Å²) in [6, 6.07) is 8.37. The maximum Gasteiger partial charge on any atom is 0.367 e. The molecule has 1 aromatic carbocycles. The van der Waals surface area contributed by atoms with Crippen LogP contribution in [0.4, 0.5) is 17.2 Å². The first-order valence-electron chi connectivity index (χ1n) is 7.32. The van der Waals surface area contributed by atoms with Gasteiger partial charge in [0.1, 0.15) is 11.4 Å². The molecule has 0 atom stereocenters. The van der Waals surface area contributed by atoms with Gasteiger partial charge in [-0.3, -0.25) is 4.79 Å². The quantitative estimate of drug-likeness (QED) is 0.320. The summed E-state index contributed by atoms with van der Waals surface area (Å²) in [5, 5.41) is 36.9. The molecule has 0 radical (unpaired) electrons. The molecule has 3 rings (SSSR count). The summed E-state index contributed by atoms with van der Waals surface area (Å²) in [6.45, 7) is 0. The Morgan fingerprint density at radius 1 is 1.27 bits per heavy atom. The fourth-order valence-electron chi connectivity index (χ4n) is 2.36. The van der Waals surface area contributed by atoms with Crippen LogP contribution in [0.25, 0.3) is 5.65 Å². The largest absolute Gasteiger partial charge is 0.495 e. The Balaban J connectivity index is 2.13. The van der Waals surface area contributed by atoms with Crippen LogP contribution < -0.4 is 21.1 Å². The van der Waals surface area contributed by atoms with Crippen LogP contribution in [0.3, 0.4) is 0 Å². The third-order valence-electron chi connectivity index (χ3n) is 3.39. The number of nitrogens with zero attached hydrogens (tertiary/aromatic N) is 3. The van der Waals surface area contributed by atoms with Gasteiger partial charge in [-0.15, -0.1) is 5.10 Å². The Labute approximate surface area is 146 Å². The van der Waals surface area contributed by atoms with Crippen molar-refractivity contribution in [2.45, 2.75) is 6.10 Å². The molecule has 0 saturated heterocycles. The molecule has 3 aromatic rings. The summed E-state index contributed by atoms with van der Waals surface area (Å²) < 4.78 is 6.35. The highest BCUT2D eigenvalue weighted by molar-refractivity contribution is 5.92. The first kappa shape index (κ1) is 17.4. The molecule has 0 aliphatic carbocycles. The average Bonchev–Trinajstić information content (AvgIpc) is 2.98. The minimum absolute atomic E-state index is 0.0163. The van der Waals surface area contributed by atoms with Crippen molar-refractivity contribution < 1.29 is 24.9 Å². The molecule has 1 amide bonds. The number of aromatic nitrogens is 3. The van der Waals surface area contributed by atoms with Crippen molar-refractivity contribution in [3.63, 3.8) is 0 Å². The topological polar surface area (TPSA) is 167 Å². The number of nitrogens with one attached hydrogen (secondary N) is 2. The van der Waals surface area contributed by atoms with Gasteiger partial charge in [0.25, 0.3) is 5.91 Å². The van der Waals surface area contributed by atoms with Gasteiger partial charge in [-0.1, -0.05) is 12.1 Å². The summed E-state index contributed by atoms with van der Waals surface area (Å²) in [5.74, 6) is -0.0617. The number of methoxy groups -OCH3 is 1. The van der Waals surface area contributed by atoms with Gasteiger partial charge < -0.3 is 36.4 Å². The fraction of sp³-hybridized carbons (Fsp3) is 0.133. The highest BCUT2D eigenvalue weighted by Crippen LogP contribution is 2.28. The average molecular weight is 360 g/mol. The van der Waals surface area contributed by atoms with Crippen LogP contribution in [-0.2, 0) is 0 Å². The standard InChI is InChI=1S/C15H16N6O5/c1-26-11-5-3-2-4-8(11)18-12-6-9(19-15(23,24)25)14-17-7-10(13(16)22)21(14)20-12/h2-7,19,23-25H,1H3,(H2,16,22)(H,18,20). The number of carbonyl (C=O) groups excluding carboxylic acids is 1. The summed E-state index contributed by atoms with van der Waals surface area (Å²) >= 11 is 0. The van der Waals surface area contributed by atoms with Crippen LogP contribution in [-0.4, -0.2) is 49.0 Å². The molecule has 11 nitrogen and oxygen atoms in total. The van der Waals surface area contributed by atoms with Crippen molar-refractivity contribution in [3.05, 3.63) is 42.2 Å². The van der Waals surface area contributed by atoms with Crippen molar-refractivity contribution in [2.75, 3.05) is 17.7 Å². The number of ether oxygens (including phenoxy) is 1. The van der Waals surface area contributed by atoms with Gasteiger partial charge in [-0.2, -0.15) is 0 Å². The van der Waals surface area contributed by atoms with Crippen LogP contribution in [0.2, 0.25) is 0 Å². The minimum atomic E-state index is -3.21. The number of carbonyl (C=O) groups is 1. The number of fused-ring (bicyclic) bond motifs is 1. The smallest absolute Gasteiger partial charge is 0.367 e. The molecule has 2 aromatic heterocycles. The van der Waals surface area contributed by atoms with Crippen molar-refractivity contribution >= 4 is 28.7 Å². The number of benzene rings is 1. The number of hydrogen-bond donors (Lipinski definition) is 6. The SMILES string of the molecule is COc1ccccc1Nc1cc(NC(O)(O)O)c2ncc(C(N)=O)n2n1. The third-order valence-corrected chi connectivity index (χ3v) is 3.39. The molecule has 11 heteroatoms. The molecular formula is C15H16N6O5. The molecule has 0 bridgehead atoms. The van der Waals surface area contributed by atoms with Crippen molar-refractivity contribution in [3.8, 4) is 5.75 Å². The number of nitrogens with two attached hydrogens (primary N) is 1. The van der Waals surface area contributed by atoms with Crippen molar-refractivity contribution in [1.82, 2.24) is 14.6 Å². The van der Waals surface area contributed by atoms with E-state index in [1.807, 2.05) is 0 Å². The predicted octanol–water partition coefficient (Wildman–Crippen LogP) is -0.420. The first-order chi connectivity index (χ1) is 12.3. The minimum Gasteiger partial charge on any atom is -0.495 e. The molecule has 7 N–H and O–H groups in total. The molecule has 0 saturated carbocycles. The zero-order chi connectivity index (χ0) is 18.9. The molecular weight excluding hydrogens is 344 g/mol. The van der Waals surface area contributed by atoms with E-state index < -0.39 is 12.0 Å². The number of anilines is 3. The second kappa shape index (κ2) is 6.48. The number of aliphatic hydroxyl groups is 3. The second-order valence-corrected chi connectivity index (χ2v) is 5.27. The van der Waals surface area contributed by atoms with Gasteiger partial charge in [0.15, 0.2) is 11.5 Å². The number of imidazole rings is 1. The van der Waals surface area contributed by atoms with E-state index in [0.717, 1.165) is 4.52 Å². The lowest BCUT2D eigenvalue weighted by molar-refractivity contribution is -0.289. The number of hydrogen-bond acceptors (Lipinski definition) is 9. The molecule has 0 fully saturated rings. The maximum atomic E-state index is 11.6. The second-order valence-electron chi connectivity index (χ2n) is 5.27. The normalized spacial score (nSPS) is 11.4. The number of amides is 1. The lowest BCUT2D eigenvalue weighted by Crippen LogP contribution is -2.37. The molecule has 0 spiro atoms. The van der Waals surface area contributed by atoms with Crippen LogP contribution in [0.1, 0.15) is 10.5 Å². The summed E-state index contributed by atoms with van der Waals surface area (Å²) in [7, 11) is 1.50. The zero-order valence-electron chi connectivity index (χ0n) is 13.5. The van der Waals surface area contributed by atoms with E-state index in [2.05, 4.69) is 20.7 Å². The Bertz CT molecular complexity index is 965. The Kier molecular flexibility index (Phi) is 4.34. The van der Waals surface area contributed by atoms with Crippen LogP contribution in [0.15, 0.2) is 36.5 Å². The van der Waals surface area contributed by atoms with Gasteiger partial charge in [0.2, 0.25) is 0 Å². The highest BCUT2D eigenvalue weighted by Gasteiger charge is 2.22. The van der Waals surface area contributed by atoms with E-state index in [1.54, 1.807) is 24.3 Å². The first-order valence-corrected chi connectivity index (χ1v) is 7.32. The molecule has 2 heterocycles. The molecule has 136 valence electrons. The lowest BCUT2D eigenvalue weighted by Gasteiger charge is -2.18. The van der Waals surface area contributed by atoms with Crippen LogP contribution in [0.5, 0.6) is 5.75 Å². The van der Waals surface area contributed by atoms with Gasteiger partial charge in [-0.05, 0) is 12.1 Å². The van der Waals surface area contributed by atoms with E-state index in [1.165, 1.54) is 19.4 Å². The number of rotatable bonds is 6. The number of primary amides is 1. The van der Waals surface area contributed by atoms with Gasteiger partial charge >= 0.3 is 6.10 Å². The van der Waals surface area contributed by atoms with Gasteiger partial charge in [0.05, 0.1) is 24.7 Å². The molecule has 0 aliphatic rings. The highest BCUT2D eigenvalue weighted by atomic mass is 16.7. The zero-order valence-corrected chi connectivity index (χ0v) is 13.5. The van der Waals surface area contributed by atoms with Crippen molar-refractivity contribution in [2.24, 2.45) is 5.73 Å². The fourth-order valence-corrected chi connectivity index (χ4v) is 2.36. The molecule has 0 aliphatic heterocycles. The van der Waals surface area contributed by atoms with Crippen LogP contribution >= 0.6 is 0 Å². The molecule has 26 heavy (non-hydrogen) atoms. The van der Waals surface area contributed by atoms with E-state index >= 15 is 0 Å². The lowest BCUT2D eigenvalue weighted by atomic mass is 10.3. The van der Waals surface area contributed by atoms with E-state index in [4.69, 9.17) is 10.5 Å². The van der Waals surface area contributed by atoms with E-state index in [9.17, 15) is 20.1 Å². The summed E-state index contributed by atoms with van der Waals surface area (Å²) in [4.78, 5) is 15.5. The third kappa shape index (κ3) is 3.49. The molecule has 0 unspecified atom stereocenters. The van der Waals surface area contributed by atoms with Gasteiger partial charge in [-0.25, -0.2) is 9.50 Å². The Hall–Kier alpha value is -3.41. The summed E-state index contributed by atoms with van der Waals surface area (Å²) in [5.41, 5.74) is 5.86. The Morgan fingerprint density at radius 3 is 2.65 bits per heavy atom. The Morgan fingerprint density at radius 2 is 2.00 bits per heavy atom. The predicted molar refractivity (Wildman–Crippen MR) is 90.8 cm³/mol. The van der Waals surface area contributed by atoms with Gasteiger partial charge in [0, 0.05) is 6.07 Å². The maximum absolute atomic E-state index is 11.6. The monoisotopic (exact) mass is 360 g/mol. The van der Waals surface area contributed by atoms with Crippen molar-refractivity contribution in [1.29, 1.82) is 0 Å². The van der Waals surface area contributed by atoms with Crippen LogP contribution in [0, 0.1) is 0 Å². The van der Waals surface area contributed by atoms with E-state index in [-0.39, 0.29) is 22.8 Å². The summed E-state index contributed by atoms with van der Waals surface area (Å²) in [6.07, 6.45) is -2.03.